The third kappa shape index (κ3) is 1.74. The lowest BCUT2D eigenvalue weighted by Crippen LogP contribution is -2.25. The van der Waals surface area contributed by atoms with E-state index in [9.17, 15) is 4.39 Å². The summed E-state index contributed by atoms with van der Waals surface area (Å²) in [5.41, 5.74) is 0.700. The quantitative estimate of drug-likeness (QED) is 0.876. The molecule has 5 heteroatoms. The van der Waals surface area contributed by atoms with Gasteiger partial charge in [-0.25, -0.2) is 9.07 Å². The molecule has 88 valence electrons. The summed E-state index contributed by atoms with van der Waals surface area (Å²) in [5, 5.41) is 7.56. The topological polar surface area (TPSA) is 29.9 Å². The van der Waals surface area contributed by atoms with Gasteiger partial charge in [-0.2, -0.15) is 5.10 Å². The standard InChI is InChI=1S/C12H11BrFN3/c13-9-7-16-17-11(5-6-15-12(9)17)8-3-1-2-4-10(8)14/h1-4,7,11,15H,5-6H2. The molecule has 1 aromatic carbocycles. The van der Waals surface area contributed by atoms with E-state index < -0.39 is 0 Å². The normalized spacial score (nSPS) is 18.6. The lowest BCUT2D eigenvalue weighted by atomic mass is 10.0. The Kier molecular flexibility index (Phi) is 2.63. The molecule has 0 amide bonds. The van der Waals surface area contributed by atoms with Crippen molar-refractivity contribution in [2.45, 2.75) is 12.5 Å². The Morgan fingerprint density at radius 2 is 2.24 bits per heavy atom. The maximum absolute atomic E-state index is 13.8. The molecular formula is C12H11BrFN3. The summed E-state index contributed by atoms with van der Waals surface area (Å²) >= 11 is 3.43. The Bertz CT molecular complexity index is 552. The van der Waals surface area contributed by atoms with Crippen LogP contribution in [0.25, 0.3) is 0 Å². The lowest BCUT2D eigenvalue weighted by molar-refractivity contribution is 0.458. The van der Waals surface area contributed by atoms with E-state index in [4.69, 9.17) is 0 Å². The molecule has 1 atom stereocenters. The van der Waals surface area contributed by atoms with Crippen molar-refractivity contribution in [2.75, 3.05) is 11.9 Å². The average Bonchev–Trinajstić information content (AvgIpc) is 2.72. The molecule has 2 heterocycles. The Morgan fingerprint density at radius 3 is 3.06 bits per heavy atom. The SMILES string of the molecule is Fc1ccccc1C1CCNc2c(Br)cnn21. The van der Waals surface area contributed by atoms with Crippen molar-refractivity contribution in [3.05, 3.63) is 46.3 Å². The summed E-state index contributed by atoms with van der Waals surface area (Å²) < 4.78 is 16.6. The summed E-state index contributed by atoms with van der Waals surface area (Å²) in [6.07, 6.45) is 2.57. The maximum atomic E-state index is 13.8. The van der Waals surface area contributed by atoms with Gasteiger partial charge in [0.1, 0.15) is 11.6 Å². The highest BCUT2D eigenvalue weighted by molar-refractivity contribution is 9.10. The molecule has 1 unspecified atom stereocenters. The Balaban J connectivity index is 2.09. The second-order valence-electron chi connectivity index (χ2n) is 4.04. The van der Waals surface area contributed by atoms with E-state index in [1.165, 1.54) is 6.07 Å². The van der Waals surface area contributed by atoms with Gasteiger partial charge in [0.05, 0.1) is 16.7 Å². The summed E-state index contributed by atoms with van der Waals surface area (Å²) in [5.74, 6) is 0.751. The molecule has 0 aliphatic carbocycles. The first-order chi connectivity index (χ1) is 8.27. The highest BCUT2D eigenvalue weighted by atomic mass is 79.9. The molecule has 2 aromatic rings. The van der Waals surface area contributed by atoms with Gasteiger partial charge >= 0.3 is 0 Å². The predicted molar refractivity (Wildman–Crippen MR) is 67.6 cm³/mol. The largest absolute Gasteiger partial charge is 0.369 e. The predicted octanol–water partition coefficient (Wildman–Crippen LogP) is 3.19. The van der Waals surface area contributed by atoms with Crippen molar-refractivity contribution in [1.82, 2.24) is 9.78 Å². The van der Waals surface area contributed by atoms with E-state index in [1.54, 1.807) is 12.3 Å². The number of aromatic nitrogens is 2. The number of nitrogens with one attached hydrogen (secondary N) is 1. The summed E-state index contributed by atoms with van der Waals surface area (Å²) in [7, 11) is 0. The summed E-state index contributed by atoms with van der Waals surface area (Å²) in [6, 6.07) is 6.86. The first kappa shape index (κ1) is 10.8. The van der Waals surface area contributed by atoms with Crippen molar-refractivity contribution in [2.24, 2.45) is 0 Å². The van der Waals surface area contributed by atoms with E-state index >= 15 is 0 Å². The molecule has 0 radical (unpaired) electrons. The molecule has 3 rings (SSSR count). The number of halogens is 2. The summed E-state index contributed by atoms with van der Waals surface area (Å²) in [4.78, 5) is 0. The minimum atomic E-state index is -0.169. The minimum absolute atomic E-state index is 0.0289. The van der Waals surface area contributed by atoms with Crippen molar-refractivity contribution < 1.29 is 4.39 Å². The van der Waals surface area contributed by atoms with E-state index in [2.05, 4.69) is 26.3 Å². The van der Waals surface area contributed by atoms with Gasteiger partial charge in [0, 0.05) is 12.1 Å². The van der Waals surface area contributed by atoms with Gasteiger partial charge in [-0.3, -0.25) is 0 Å². The fraction of sp³-hybridized carbons (Fsp3) is 0.250. The zero-order valence-corrected chi connectivity index (χ0v) is 10.6. The molecule has 1 aromatic heterocycles. The van der Waals surface area contributed by atoms with Crippen LogP contribution in [-0.4, -0.2) is 16.3 Å². The number of benzene rings is 1. The maximum Gasteiger partial charge on any atom is 0.139 e. The molecule has 3 nitrogen and oxygen atoms in total. The van der Waals surface area contributed by atoms with Crippen LogP contribution in [0.2, 0.25) is 0 Å². The van der Waals surface area contributed by atoms with Crippen LogP contribution in [0.15, 0.2) is 34.9 Å². The van der Waals surface area contributed by atoms with Crippen LogP contribution in [0.5, 0.6) is 0 Å². The van der Waals surface area contributed by atoms with Crippen molar-refractivity contribution in [3.63, 3.8) is 0 Å². The minimum Gasteiger partial charge on any atom is -0.369 e. The van der Waals surface area contributed by atoms with Crippen LogP contribution in [0, 0.1) is 5.82 Å². The molecule has 0 fully saturated rings. The van der Waals surface area contributed by atoms with E-state index in [-0.39, 0.29) is 11.9 Å². The Hall–Kier alpha value is -1.36. The molecule has 0 saturated carbocycles. The third-order valence-corrected chi connectivity index (χ3v) is 3.60. The van der Waals surface area contributed by atoms with E-state index in [1.807, 2.05) is 16.8 Å². The molecule has 1 aliphatic rings. The van der Waals surface area contributed by atoms with Gasteiger partial charge in [0.15, 0.2) is 0 Å². The first-order valence-electron chi connectivity index (χ1n) is 5.48. The molecule has 17 heavy (non-hydrogen) atoms. The third-order valence-electron chi connectivity index (χ3n) is 3.02. The van der Waals surface area contributed by atoms with Crippen LogP contribution in [0.4, 0.5) is 10.2 Å². The first-order valence-corrected chi connectivity index (χ1v) is 6.28. The summed E-state index contributed by atoms with van der Waals surface area (Å²) in [6.45, 7) is 0.823. The van der Waals surface area contributed by atoms with Gasteiger partial charge in [-0.1, -0.05) is 18.2 Å². The number of hydrogen-bond donors (Lipinski definition) is 1. The number of rotatable bonds is 1. The van der Waals surface area contributed by atoms with Gasteiger partial charge < -0.3 is 5.32 Å². The second kappa shape index (κ2) is 4.14. The number of fused-ring (bicyclic) bond motifs is 1. The van der Waals surface area contributed by atoms with Crippen LogP contribution >= 0.6 is 15.9 Å². The lowest BCUT2D eigenvalue weighted by Gasteiger charge is -2.26. The van der Waals surface area contributed by atoms with Crippen LogP contribution < -0.4 is 5.32 Å². The Labute approximate surface area is 107 Å². The van der Waals surface area contributed by atoms with Gasteiger partial charge in [0.25, 0.3) is 0 Å². The Morgan fingerprint density at radius 1 is 1.41 bits per heavy atom. The molecular weight excluding hydrogens is 285 g/mol. The average molecular weight is 296 g/mol. The monoisotopic (exact) mass is 295 g/mol. The van der Waals surface area contributed by atoms with Gasteiger partial charge in [0.2, 0.25) is 0 Å². The zero-order valence-electron chi connectivity index (χ0n) is 9.03. The highest BCUT2D eigenvalue weighted by Crippen LogP contribution is 2.34. The fourth-order valence-corrected chi connectivity index (χ4v) is 2.64. The van der Waals surface area contributed by atoms with Crippen LogP contribution in [-0.2, 0) is 0 Å². The number of anilines is 1. The highest BCUT2D eigenvalue weighted by Gasteiger charge is 2.25. The smallest absolute Gasteiger partial charge is 0.139 e. The molecule has 0 spiro atoms. The zero-order chi connectivity index (χ0) is 11.8. The van der Waals surface area contributed by atoms with Crippen molar-refractivity contribution >= 4 is 21.7 Å². The number of hydrogen-bond acceptors (Lipinski definition) is 2. The van der Waals surface area contributed by atoms with Crippen molar-refractivity contribution in [3.8, 4) is 0 Å². The van der Waals surface area contributed by atoms with Crippen LogP contribution in [0.1, 0.15) is 18.0 Å². The molecule has 1 N–H and O–H groups in total. The second-order valence-corrected chi connectivity index (χ2v) is 4.89. The van der Waals surface area contributed by atoms with Gasteiger partial charge in [-0.05, 0) is 28.4 Å². The van der Waals surface area contributed by atoms with Gasteiger partial charge in [-0.15, -0.1) is 0 Å². The molecule has 1 aliphatic heterocycles. The molecule has 0 bridgehead atoms. The fourth-order valence-electron chi connectivity index (χ4n) is 2.23. The van der Waals surface area contributed by atoms with Crippen LogP contribution in [0.3, 0.4) is 0 Å². The van der Waals surface area contributed by atoms with Crippen molar-refractivity contribution in [1.29, 1.82) is 0 Å². The molecule has 0 saturated heterocycles. The van der Waals surface area contributed by atoms with E-state index in [0.717, 1.165) is 23.3 Å². The number of nitrogens with zero attached hydrogens (tertiary/aromatic N) is 2. The van der Waals surface area contributed by atoms with E-state index in [0.29, 0.717) is 5.56 Å².